The predicted molar refractivity (Wildman–Crippen MR) is 74.6 cm³/mol. The minimum absolute atomic E-state index is 0.0327. The number of hydrogen-bond donors (Lipinski definition) is 2. The van der Waals surface area contributed by atoms with Crippen molar-refractivity contribution in [3.8, 4) is 5.75 Å². The number of nitrogens with one attached hydrogen (secondary N) is 1. The van der Waals surface area contributed by atoms with Crippen LogP contribution in [0.5, 0.6) is 5.75 Å². The van der Waals surface area contributed by atoms with Crippen molar-refractivity contribution >= 4 is 21.4 Å². The van der Waals surface area contributed by atoms with Gasteiger partial charge in [0, 0.05) is 6.07 Å². The van der Waals surface area contributed by atoms with Crippen LogP contribution in [-0.2, 0) is 10.0 Å². The average Bonchev–Trinajstić information content (AvgIpc) is 2.41. The molecule has 0 saturated heterocycles. The van der Waals surface area contributed by atoms with E-state index in [1.807, 2.05) is 0 Å². The van der Waals surface area contributed by atoms with Gasteiger partial charge in [0.2, 0.25) is 0 Å². The smallest absolute Gasteiger partial charge is 0.261 e. The molecule has 0 radical (unpaired) electrons. The minimum atomic E-state index is -3.78. The molecule has 0 unspecified atom stereocenters. The number of rotatable bonds is 4. The van der Waals surface area contributed by atoms with E-state index < -0.39 is 15.8 Å². The summed E-state index contributed by atoms with van der Waals surface area (Å²) in [5.41, 5.74) is 6.35. The lowest BCUT2D eigenvalue weighted by atomic mass is 10.2. The molecule has 0 aliphatic carbocycles. The summed E-state index contributed by atoms with van der Waals surface area (Å²) in [6.45, 7) is 0. The zero-order chi connectivity index (χ0) is 14.8. The summed E-state index contributed by atoms with van der Waals surface area (Å²) in [6, 6.07) is 9.05. The summed E-state index contributed by atoms with van der Waals surface area (Å²) < 4.78 is 44.4. The Labute approximate surface area is 116 Å². The van der Waals surface area contributed by atoms with Crippen molar-refractivity contribution in [2.24, 2.45) is 0 Å². The molecule has 0 fully saturated rings. The Balaban J connectivity index is 2.30. The number of sulfonamides is 1. The molecule has 0 spiro atoms. The van der Waals surface area contributed by atoms with Gasteiger partial charge < -0.3 is 10.5 Å². The van der Waals surface area contributed by atoms with Crippen LogP contribution in [0.2, 0.25) is 0 Å². The molecule has 0 saturated carbocycles. The topological polar surface area (TPSA) is 81.4 Å². The lowest BCUT2D eigenvalue weighted by Crippen LogP contribution is -2.13. The van der Waals surface area contributed by atoms with E-state index in [9.17, 15) is 12.8 Å². The number of hydrogen-bond acceptors (Lipinski definition) is 4. The number of nitrogens with two attached hydrogens (primary N) is 1. The van der Waals surface area contributed by atoms with Gasteiger partial charge in [-0.05, 0) is 36.4 Å². The lowest BCUT2D eigenvalue weighted by Gasteiger charge is -2.10. The van der Waals surface area contributed by atoms with Gasteiger partial charge in [-0.1, -0.05) is 0 Å². The van der Waals surface area contributed by atoms with E-state index in [2.05, 4.69) is 4.72 Å². The first-order chi connectivity index (χ1) is 9.42. The Bertz CT molecular complexity index is 715. The molecule has 5 nitrogen and oxygen atoms in total. The highest BCUT2D eigenvalue weighted by atomic mass is 32.2. The van der Waals surface area contributed by atoms with Crippen LogP contribution in [0.1, 0.15) is 0 Å². The highest BCUT2D eigenvalue weighted by molar-refractivity contribution is 7.92. The van der Waals surface area contributed by atoms with Gasteiger partial charge in [0.15, 0.2) is 0 Å². The molecular formula is C13H13FN2O3S. The number of nitrogen functional groups attached to an aromatic ring is 1. The fourth-order valence-corrected chi connectivity index (χ4v) is 2.65. The highest BCUT2D eigenvalue weighted by Crippen LogP contribution is 2.26. The second-order valence-corrected chi connectivity index (χ2v) is 5.70. The van der Waals surface area contributed by atoms with Crippen LogP contribution >= 0.6 is 0 Å². The number of benzene rings is 2. The Kier molecular flexibility index (Phi) is 3.80. The summed E-state index contributed by atoms with van der Waals surface area (Å²) in [6.07, 6.45) is 0. The van der Waals surface area contributed by atoms with E-state index in [4.69, 9.17) is 10.5 Å². The van der Waals surface area contributed by atoms with Crippen molar-refractivity contribution < 1.29 is 17.5 Å². The van der Waals surface area contributed by atoms with Crippen LogP contribution in [0.3, 0.4) is 0 Å². The second kappa shape index (κ2) is 5.38. The first-order valence-electron chi connectivity index (χ1n) is 5.64. The molecule has 0 aliphatic rings. The van der Waals surface area contributed by atoms with Gasteiger partial charge >= 0.3 is 0 Å². The molecule has 0 aliphatic heterocycles. The van der Waals surface area contributed by atoms with Gasteiger partial charge in [0.1, 0.15) is 11.6 Å². The SMILES string of the molecule is COc1cc(NS(=O)(=O)c2ccc(F)cc2)ccc1N. The van der Waals surface area contributed by atoms with Crippen LogP contribution in [0.25, 0.3) is 0 Å². The summed E-state index contributed by atoms with van der Waals surface area (Å²) >= 11 is 0. The maximum absolute atomic E-state index is 12.8. The monoisotopic (exact) mass is 296 g/mol. The van der Waals surface area contributed by atoms with E-state index in [1.165, 1.54) is 37.4 Å². The van der Waals surface area contributed by atoms with Crippen molar-refractivity contribution in [1.29, 1.82) is 0 Å². The highest BCUT2D eigenvalue weighted by Gasteiger charge is 2.14. The first kappa shape index (κ1) is 14.1. The molecule has 20 heavy (non-hydrogen) atoms. The number of halogens is 1. The van der Waals surface area contributed by atoms with Gasteiger partial charge in [0.05, 0.1) is 23.4 Å². The number of ether oxygens (including phenoxy) is 1. The summed E-state index contributed by atoms with van der Waals surface area (Å²) in [7, 11) is -2.35. The Morgan fingerprint density at radius 3 is 2.40 bits per heavy atom. The molecule has 0 amide bonds. The molecule has 2 aromatic carbocycles. The quantitative estimate of drug-likeness (QED) is 0.848. The summed E-state index contributed by atoms with van der Waals surface area (Å²) in [5.74, 6) is -0.137. The van der Waals surface area contributed by atoms with Crippen LogP contribution in [-0.4, -0.2) is 15.5 Å². The van der Waals surface area contributed by atoms with Gasteiger partial charge in [-0.25, -0.2) is 12.8 Å². The zero-order valence-corrected chi connectivity index (χ0v) is 11.4. The van der Waals surface area contributed by atoms with E-state index in [-0.39, 0.29) is 4.90 Å². The molecule has 106 valence electrons. The number of anilines is 2. The third-order valence-corrected chi connectivity index (χ3v) is 4.01. The fourth-order valence-electron chi connectivity index (χ4n) is 1.60. The number of methoxy groups -OCH3 is 1. The molecule has 3 N–H and O–H groups in total. The van der Waals surface area contributed by atoms with Gasteiger partial charge in [-0.15, -0.1) is 0 Å². The van der Waals surface area contributed by atoms with Crippen molar-refractivity contribution in [2.75, 3.05) is 17.6 Å². The molecule has 0 aromatic heterocycles. The molecular weight excluding hydrogens is 283 g/mol. The van der Waals surface area contributed by atoms with E-state index in [0.29, 0.717) is 17.1 Å². The Morgan fingerprint density at radius 2 is 1.80 bits per heavy atom. The lowest BCUT2D eigenvalue weighted by molar-refractivity contribution is 0.417. The molecule has 0 bridgehead atoms. The van der Waals surface area contributed by atoms with Crippen LogP contribution < -0.4 is 15.2 Å². The van der Waals surface area contributed by atoms with Crippen LogP contribution in [0.4, 0.5) is 15.8 Å². The molecule has 0 heterocycles. The molecule has 0 atom stereocenters. The summed E-state index contributed by atoms with van der Waals surface area (Å²) in [4.78, 5) is -0.0327. The van der Waals surface area contributed by atoms with Crippen molar-refractivity contribution in [3.63, 3.8) is 0 Å². The van der Waals surface area contributed by atoms with Crippen molar-refractivity contribution in [3.05, 3.63) is 48.3 Å². The Hall–Kier alpha value is -2.28. The normalized spacial score (nSPS) is 11.1. The Morgan fingerprint density at radius 1 is 1.15 bits per heavy atom. The van der Waals surface area contributed by atoms with E-state index in [1.54, 1.807) is 0 Å². The third kappa shape index (κ3) is 3.00. The fraction of sp³-hybridized carbons (Fsp3) is 0.0769. The standard InChI is InChI=1S/C13H13FN2O3S/c1-19-13-8-10(4-7-12(13)15)16-20(17,18)11-5-2-9(14)3-6-11/h2-8,16H,15H2,1H3. The van der Waals surface area contributed by atoms with Crippen LogP contribution in [0, 0.1) is 5.82 Å². The third-order valence-electron chi connectivity index (χ3n) is 2.61. The maximum atomic E-state index is 12.8. The largest absolute Gasteiger partial charge is 0.495 e. The first-order valence-corrected chi connectivity index (χ1v) is 7.12. The van der Waals surface area contributed by atoms with Crippen LogP contribution in [0.15, 0.2) is 47.4 Å². The summed E-state index contributed by atoms with van der Waals surface area (Å²) in [5, 5.41) is 0. The maximum Gasteiger partial charge on any atom is 0.261 e. The van der Waals surface area contributed by atoms with Crippen molar-refractivity contribution in [2.45, 2.75) is 4.90 Å². The minimum Gasteiger partial charge on any atom is -0.495 e. The van der Waals surface area contributed by atoms with Gasteiger partial charge in [0.25, 0.3) is 10.0 Å². The van der Waals surface area contributed by atoms with Crippen molar-refractivity contribution in [1.82, 2.24) is 0 Å². The van der Waals surface area contributed by atoms with E-state index >= 15 is 0 Å². The van der Waals surface area contributed by atoms with E-state index in [0.717, 1.165) is 12.1 Å². The molecule has 7 heteroatoms. The van der Waals surface area contributed by atoms with Gasteiger partial charge in [-0.3, -0.25) is 4.72 Å². The molecule has 2 aromatic rings. The zero-order valence-electron chi connectivity index (χ0n) is 10.6. The predicted octanol–water partition coefficient (Wildman–Crippen LogP) is 2.22. The second-order valence-electron chi connectivity index (χ2n) is 4.02. The molecule has 2 rings (SSSR count). The average molecular weight is 296 g/mol. The van der Waals surface area contributed by atoms with Gasteiger partial charge in [-0.2, -0.15) is 0 Å².